The van der Waals surface area contributed by atoms with Crippen LogP contribution in [0.5, 0.6) is 0 Å². The topological polar surface area (TPSA) is 54.9 Å². The van der Waals surface area contributed by atoms with Gasteiger partial charge in [-0.1, -0.05) is 17.7 Å². The predicted molar refractivity (Wildman–Crippen MR) is 73.5 cm³/mol. The second-order valence-electron chi connectivity index (χ2n) is 3.58. The molecule has 0 aliphatic carbocycles. The third-order valence-corrected chi connectivity index (χ3v) is 2.90. The summed E-state index contributed by atoms with van der Waals surface area (Å²) in [4.78, 5) is 19.7. The van der Waals surface area contributed by atoms with E-state index in [1.165, 1.54) is 0 Å². The number of nitrogens with one attached hydrogen (secondary N) is 1. The van der Waals surface area contributed by atoms with Crippen molar-refractivity contribution < 1.29 is 4.79 Å². The minimum Gasteiger partial charge on any atom is -0.323 e. The number of halogens is 2. The molecule has 0 radical (unpaired) electrons. The average molecular weight is 327 g/mol. The molecule has 18 heavy (non-hydrogen) atoms. The molecule has 0 atom stereocenters. The Morgan fingerprint density at radius 1 is 1.44 bits per heavy atom. The smallest absolute Gasteiger partial charge is 0.228 e. The van der Waals surface area contributed by atoms with E-state index in [0.717, 1.165) is 10.0 Å². The molecule has 1 N–H and O–H groups in total. The van der Waals surface area contributed by atoms with Gasteiger partial charge in [-0.3, -0.25) is 9.78 Å². The third kappa shape index (κ3) is 3.51. The Morgan fingerprint density at radius 2 is 2.28 bits per heavy atom. The molecule has 0 aliphatic heterocycles. The molecule has 2 rings (SSSR count). The zero-order valence-corrected chi connectivity index (χ0v) is 11.6. The van der Waals surface area contributed by atoms with E-state index in [1.54, 1.807) is 30.7 Å². The number of carbonyl (C=O) groups excluding carboxylic acids is 1. The summed E-state index contributed by atoms with van der Waals surface area (Å²) in [6.45, 7) is 0. The monoisotopic (exact) mass is 325 g/mol. The highest BCUT2D eigenvalue weighted by atomic mass is 79.9. The molecule has 0 spiro atoms. The fraction of sp³-hybridized carbons (Fsp3) is 0.0833. The molecule has 2 aromatic rings. The van der Waals surface area contributed by atoms with E-state index in [1.807, 2.05) is 6.07 Å². The van der Waals surface area contributed by atoms with E-state index in [-0.39, 0.29) is 17.5 Å². The second kappa shape index (κ2) is 5.93. The van der Waals surface area contributed by atoms with Crippen LogP contribution in [0.2, 0.25) is 5.15 Å². The number of aromatic nitrogens is 2. The van der Waals surface area contributed by atoms with E-state index < -0.39 is 0 Å². The summed E-state index contributed by atoms with van der Waals surface area (Å²) in [5.41, 5.74) is 1.33. The first-order chi connectivity index (χ1) is 8.65. The van der Waals surface area contributed by atoms with Crippen molar-refractivity contribution in [1.29, 1.82) is 0 Å². The van der Waals surface area contributed by atoms with E-state index in [4.69, 9.17) is 11.6 Å². The lowest BCUT2D eigenvalue weighted by atomic mass is 10.2. The van der Waals surface area contributed by atoms with Crippen LogP contribution in [-0.4, -0.2) is 15.9 Å². The maximum absolute atomic E-state index is 11.8. The Balaban J connectivity index is 2.05. The molecule has 4 nitrogen and oxygen atoms in total. The molecule has 6 heteroatoms. The molecule has 0 saturated carbocycles. The molecule has 0 bridgehead atoms. The van der Waals surface area contributed by atoms with Crippen LogP contribution in [0.25, 0.3) is 0 Å². The molecular weight excluding hydrogens is 318 g/mol. The van der Waals surface area contributed by atoms with Crippen molar-refractivity contribution in [1.82, 2.24) is 9.97 Å². The standard InChI is InChI=1S/C12H9BrClN3O/c13-9-5-10(12(14)16-7-9)17-11(18)4-8-2-1-3-15-6-8/h1-3,5-7H,4H2,(H,17,18). The highest BCUT2D eigenvalue weighted by Gasteiger charge is 2.08. The maximum Gasteiger partial charge on any atom is 0.228 e. The fourth-order valence-electron chi connectivity index (χ4n) is 1.39. The van der Waals surface area contributed by atoms with Crippen LogP contribution in [0.1, 0.15) is 5.56 Å². The number of hydrogen-bond donors (Lipinski definition) is 1. The molecule has 1 amide bonds. The van der Waals surface area contributed by atoms with Crippen molar-refractivity contribution in [2.75, 3.05) is 5.32 Å². The van der Waals surface area contributed by atoms with Crippen LogP contribution in [0.4, 0.5) is 5.69 Å². The Labute approximate surface area is 118 Å². The first kappa shape index (κ1) is 13.0. The Morgan fingerprint density at radius 3 is 3.00 bits per heavy atom. The van der Waals surface area contributed by atoms with E-state index >= 15 is 0 Å². The van der Waals surface area contributed by atoms with Crippen LogP contribution in [-0.2, 0) is 11.2 Å². The molecular formula is C12H9BrClN3O. The van der Waals surface area contributed by atoms with Crippen LogP contribution in [0, 0.1) is 0 Å². The van der Waals surface area contributed by atoms with Gasteiger partial charge >= 0.3 is 0 Å². The maximum atomic E-state index is 11.8. The summed E-state index contributed by atoms with van der Waals surface area (Å²) in [5, 5.41) is 2.97. The Bertz CT molecular complexity index is 563. The van der Waals surface area contributed by atoms with E-state index in [2.05, 4.69) is 31.2 Å². The SMILES string of the molecule is O=C(Cc1cccnc1)Nc1cc(Br)cnc1Cl. The molecule has 0 aliphatic rings. The largest absolute Gasteiger partial charge is 0.323 e. The van der Waals surface area contributed by atoms with Gasteiger partial charge in [-0.2, -0.15) is 0 Å². The normalized spacial score (nSPS) is 10.1. The zero-order chi connectivity index (χ0) is 13.0. The highest BCUT2D eigenvalue weighted by Crippen LogP contribution is 2.23. The number of anilines is 1. The highest BCUT2D eigenvalue weighted by molar-refractivity contribution is 9.10. The summed E-state index contributed by atoms with van der Waals surface area (Å²) < 4.78 is 0.753. The first-order valence-corrected chi connectivity index (χ1v) is 6.32. The first-order valence-electron chi connectivity index (χ1n) is 5.15. The van der Waals surface area contributed by atoms with Crippen molar-refractivity contribution in [3.63, 3.8) is 0 Å². The van der Waals surface area contributed by atoms with Gasteiger partial charge in [0.2, 0.25) is 5.91 Å². The van der Waals surface area contributed by atoms with E-state index in [0.29, 0.717) is 5.69 Å². The number of rotatable bonds is 3. The van der Waals surface area contributed by atoms with Crippen LogP contribution in [0.3, 0.4) is 0 Å². The molecule has 0 aromatic carbocycles. The molecule has 0 fully saturated rings. The summed E-state index contributed by atoms with van der Waals surface area (Å²) in [5.74, 6) is -0.162. The second-order valence-corrected chi connectivity index (χ2v) is 4.85. The minimum absolute atomic E-state index is 0.162. The zero-order valence-electron chi connectivity index (χ0n) is 9.23. The van der Waals surface area contributed by atoms with Crippen molar-refractivity contribution in [2.24, 2.45) is 0 Å². The van der Waals surface area contributed by atoms with Crippen molar-refractivity contribution in [2.45, 2.75) is 6.42 Å². The third-order valence-electron chi connectivity index (χ3n) is 2.17. The summed E-state index contributed by atoms with van der Waals surface area (Å²) in [6, 6.07) is 5.33. The van der Waals surface area contributed by atoms with Crippen LogP contribution >= 0.6 is 27.5 Å². The lowest BCUT2D eigenvalue weighted by Crippen LogP contribution is -2.15. The molecule has 2 heterocycles. The predicted octanol–water partition coefficient (Wildman–Crippen LogP) is 3.07. The van der Waals surface area contributed by atoms with Crippen molar-refractivity contribution >= 4 is 39.1 Å². The van der Waals surface area contributed by atoms with Gasteiger partial charge in [0.05, 0.1) is 12.1 Å². The quantitative estimate of drug-likeness (QED) is 0.882. The number of carbonyl (C=O) groups is 1. The average Bonchev–Trinajstić information content (AvgIpc) is 2.35. The van der Waals surface area contributed by atoms with Gasteiger partial charge < -0.3 is 5.32 Å². The van der Waals surface area contributed by atoms with Crippen molar-refractivity contribution in [3.8, 4) is 0 Å². The number of amides is 1. The van der Waals surface area contributed by atoms with Gasteiger partial charge in [-0.25, -0.2) is 4.98 Å². The number of hydrogen-bond acceptors (Lipinski definition) is 3. The van der Waals surface area contributed by atoms with E-state index in [9.17, 15) is 4.79 Å². The lowest BCUT2D eigenvalue weighted by molar-refractivity contribution is -0.115. The summed E-state index contributed by atoms with van der Waals surface area (Å²) >= 11 is 9.15. The minimum atomic E-state index is -0.162. The van der Waals surface area contributed by atoms with Gasteiger partial charge in [0, 0.05) is 23.1 Å². The summed E-state index contributed by atoms with van der Waals surface area (Å²) in [7, 11) is 0. The van der Waals surface area contributed by atoms with Crippen LogP contribution < -0.4 is 5.32 Å². The van der Waals surface area contributed by atoms with Gasteiger partial charge in [-0.05, 0) is 33.6 Å². The number of nitrogens with zero attached hydrogens (tertiary/aromatic N) is 2. The molecule has 0 saturated heterocycles. The van der Waals surface area contributed by atoms with Gasteiger partial charge in [0.1, 0.15) is 0 Å². The Kier molecular flexibility index (Phi) is 4.28. The Hall–Kier alpha value is -1.46. The van der Waals surface area contributed by atoms with Gasteiger partial charge in [-0.15, -0.1) is 0 Å². The summed E-state index contributed by atoms with van der Waals surface area (Å²) in [6.07, 6.45) is 5.13. The molecule has 92 valence electrons. The number of pyridine rings is 2. The van der Waals surface area contributed by atoms with Gasteiger partial charge in [0.25, 0.3) is 0 Å². The molecule has 2 aromatic heterocycles. The van der Waals surface area contributed by atoms with Crippen molar-refractivity contribution in [3.05, 3.63) is 52.0 Å². The molecule has 0 unspecified atom stereocenters. The lowest BCUT2D eigenvalue weighted by Gasteiger charge is -2.06. The van der Waals surface area contributed by atoms with Gasteiger partial charge in [0.15, 0.2) is 5.15 Å². The van der Waals surface area contributed by atoms with Crippen LogP contribution in [0.15, 0.2) is 41.3 Å². The fourth-order valence-corrected chi connectivity index (χ4v) is 1.87.